The van der Waals surface area contributed by atoms with E-state index in [1.165, 1.54) is 5.39 Å². The van der Waals surface area contributed by atoms with Crippen LogP contribution in [0.3, 0.4) is 0 Å². The first-order chi connectivity index (χ1) is 27.7. The molecule has 0 amide bonds. The highest BCUT2D eigenvalue weighted by atomic mass is 16.3. The third kappa shape index (κ3) is 4.66. The van der Waals surface area contributed by atoms with Crippen molar-refractivity contribution in [3.63, 3.8) is 0 Å². The highest BCUT2D eigenvalue weighted by molar-refractivity contribution is 6.15. The second-order valence-electron chi connectivity index (χ2n) is 14.4. The summed E-state index contributed by atoms with van der Waals surface area (Å²) < 4.78 is 19.3. The highest BCUT2D eigenvalue weighted by Gasteiger charge is 2.22. The molecule has 0 spiro atoms. The van der Waals surface area contributed by atoms with Gasteiger partial charge in [-0.05, 0) is 88.6 Å². The Hall–Kier alpha value is -7.56. The largest absolute Gasteiger partial charge is 0.456 e. The van der Waals surface area contributed by atoms with Crippen LogP contribution in [0.15, 0.2) is 201 Å². The van der Waals surface area contributed by atoms with Gasteiger partial charge in [-0.25, -0.2) is 0 Å². The Balaban J connectivity index is 1.07. The average molecular weight is 718 g/mol. The van der Waals surface area contributed by atoms with Crippen LogP contribution in [-0.4, -0.2) is 0 Å². The summed E-state index contributed by atoms with van der Waals surface area (Å²) in [6, 6.07) is 66.1. The fraction of sp³-hybridized carbons (Fsp3) is 0. The minimum absolute atomic E-state index is 0.860. The van der Waals surface area contributed by atoms with Crippen LogP contribution in [-0.2, 0) is 0 Å². The van der Waals surface area contributed by atoms with Crippen molar-refractivity contribution in [1.29, 1.82) is 0 Å². The molecule has 0 radical (unpaired) electrons. The van der Waals surface area contributed by atoms with Crippen LogP contribution in [0.2, 0.25) is 0 Å². The lowest BCUT2D eigenvalue weighted by Crippen LogP contribution is -2.11. The Morgan fingerprint density at radius 3 is 1.79 bits per heavy atom. The molecule has 0 unspecified atom stereocenters. The van der Waals surface area contributed by atoms with Gasteiger partial charge in [-0.1, -0.05) is 121 Å². The van der Waals surface area contributed by atoms with Gasteiger partial charge in [0.2, 0.25) is 0 Å². The molecule has 262 valence electrons. The van der Waals surface area contributed by atoms with Crippen LogP contribution < -0.4 is 4.90 Å². The molecule has 0 fully saturated rings. The predicted molar refractivity (Wildman–Crippen MR) is 231 cm³/mol. The molecular formula is C52H31NO3. The van der Waals surface area contributed by atoms with Gasteiger partial charge in [-0.2, -0.15) is 0 Å². The van der Waals surface area contributed by atoms with E-state index in [4.69, 9.17) is 13.3 Å². The lowest BCUT2D eigenvalue weighted by molar-refractivity contribution is 0.668. The fourth-order valence-corrected chi connectivity index (χ4v) is 8.68. The Bertz CT molecular complexity index is 3490. The van der Waals surface area contributed by atoms with Crippen molar-refractivity contribution < 1.29 is 13.3 Å². The summed E-state index contributed by atoms with van der Waals surface area (Å²) in [6.07, 6.45) is 0. The normalized spacial score (nSPS) is 11.9. The van der Waals surface area contributed by atoms with Crippen molar-refractivity contribution >= 4 is 93.7 Å². The summed E-state index contributed by atoms with van der Waals surface area (Å²) in [4.78, 5) is 2.35. The summed E-state index contributed by atoms with van der Waals surface area (Å²) in [5.41, 5.74) is 12.7. The van der Waals surface area contributed by atoms with Gasteiger partial charge < -0.3 is 18.2 Å². The molecule has 12 aromatic rings. The zero-order chi connectivity index (χ0) is 36.7. The van der Waals surface area contributed by atoms with Crippen molar-refractivity contribution in [2.75, 3.05) is 4.90 Å². The van der Waals surface area contributed by atoms with Gasteiger partial charge in [0.15, 0.2) is 0 Å². The smallest absolute Gasteiger partial charge is 0.143 e. The molecule has 0 bridgehead atoms. The molecule has 0 aliphatic heterocycles. The Kier molecular flexibility index (Phi) is 6.60. The topological polar surface area (TPSA) is 42.7 Å². The first-order valence-electron chi connectivity index (χ1n) is 18.9. The third-order valence-corrected chi connectivity index (χ3v) is 11.3. The van der Waals surface area contributed by atoms with Gasteiger partial charge in [0.1, 0.15) is 33.5 Å². The number of nitrogens with zero attached hydrogens (tertiary/aromatic N) is 1. The Morgan fingerprint density at radius 1 is 0.321 bits per heavy atom. The molecular weight excluding hydrogens is 687 g/mol. The molecule has 0 saturated heterocycles. The van der Waals surface area contributed by atoms with Crippen molar-refractivity contribution in [2.24, 2.45) is 0 Å². The average Bonchev–Trinajstić information content (AvgIpc) is 3.94. The number of furan rings is 3. The first kappa shape index (κ1) is 30.9. The molecule has 0 N–H and O–H groups in total. The number of para-hydroxylation sites is 4. The molecule has 0 atom stereocenters. The lowest BCUT2D eigenvalue weighted by Gasteiger charge is -2.28. The van der Waals surface area contributed by atoms with Gasteiger partial charge in [-0.15, -0.1) is 0 Å². The van der Waals surface area contributed by atoms with Crippen LogP contribution in [0.5, 0.6) is 0 Å². The molecule has 0 saturated carbocycles. The van der Waals surface area contributed by atoms with Gasteiger partial charge in [0, 0.05) is 54.8 Å². The van der Waals surface area contributed by atoms with Crippen molar-refractivity contribution in [3.8, 4) is 22.3 Å². The van der Waals surface area contributed by atoms with Gasteiger partial charge in [0.25, 0.3) is 0 Å². The molecule has 56 heavy (non-hydrogen) atoms. The van der Waals surface area contributed by atoms with Crippen LogP contribution in [0.1, 0.15) is 0 Å². The summed E-state index contributed by atoms with van der Waals surface area (Å²) in [6.45, 7) is 0. The minimum Gasteiger partial charge on any atom is -0.456 e. The van der Waals surface area contributed by atoms with E-state index < -0.39 is 0 Å². The number of hydrogen-bond acceptors (Lipinski definition) is 4. The van der Waals surface area contributed by atoms with E-state index in [0.29, 0.717) is 0 Å². The maximum Gasteiger partial charge on any atom is 0.143 e. The Labute approximate surface area is 321 Å². The summed E-state index contributed by atoms with van der Waals surface area (Å²) >= 11 is 0. The van der Waals surface area contributed by atoms with E-state index in [0.717, 1.165) is 111 Å². The lowest BCUT2D eigenvalue weighted by atomic mass is 9.97. The number of hydrogen-bond donors (Lipinski definition) is 0. The van der Waals surface area contributed by atoms with Crippen LogP contribution in [0.4, 0.5) is 17.1 Å². The molecule has 4 nitrogen and oxygen atoms in total. The third-order valence-electron chi connectivity index (χ3n) is 11.3. The van der Waals surface area contributed by atoms with Crippen LogP contribution >= 0.6 is 0 Å². The molecule has 12 rings (SSSR count). The van der Waals surface area contributed by atoms with Crippen LogP contribution in [0, 0.1) is 0 Å². The zero-order valence-electron chi connectivity index (χ0n) is 30.1. The van der Waals surface area contributed by atoms with Crippen molar-refractivity contribution in [3.05, 3.63) is 188 Å². The van der Waals surface area contributed by atoms with E-state index in [9.17, 15) is 0 Å². The zero-order valence-corrected chi connectivity index (χ0v) is 30.1. The van der Waals surface area contributed by atoms with E-state index in [1.54, 1.807) is 0 Å². The Morgan fingerprint density at radius 2 is 0.911 bits per heavy atom. The van der Waals surface area contributed by atoms with E-state index >= 15 is 0 Å². The summed E-state index contributed by atoms with van der Waals surface area (Å²) in [7, 11) is 0. The monoisotopic (exact) mass is 717 g/mol. The minimum atomic E-state index is 0.860. The second kappa shape index (κ2) is 12.0. The number of fused-ring (bicyclic) bond motifs is 10. The second-order valence-corrected chi connectivity index (χ2v) is 14.4. The van der Waals surface area contributed by atoms with Crippen molar-refractivity contribution in [2.45, 2.75) is 0 Å². The maximum atomic E-state index is 6.77. The van der Waals surface area contributed by atoms with E-state index in [2.05, 4.69) is 163 Å². The molecule has 3 heterocycles. The maximum absolute atomic E-state index is 6.77. The summed E-state index contributed by atoms with van der Waals surface area (Å²) in [5.74, 6) is 0. The fourth-order valence-electron chi connectivity index (χ4n) is 8.68. The predicted octanol–water partition coefficient (Wildman–Crippen LogP) is 15.3. The van der Waals surface area contributed by atoms with Gasteiger partial charge >= 0.3 is 0 Å². The number of anilines is 3. The SMILES string of the molecule is c1ccc(N(c2ccc(-c3cccc4oc5ccccc5c34)cc2)c2ccc3oc4ccccc4c3c2)c(-c2cccc3c2oc2cc4ccccc4cc23)c1. The molecule has 0 aliphatic carbocycles. The highest BCUT2D eigenvalue weighted by Crippen LogP contribution is 2.46. The first-order valence-corrected chi connectivity index (χ1v) is 18.9. The van der Waals surface area contributed by atoms with E-state index in [1.807, 2.05) is 30.3 Å². The summed E-state index contributed by atoms with van der Waals surface area (Å²) in [5, 5.41) is 8.98. The molecule has 3 aromatic heterocycles. The van der Waals surface area contributed by atoms with Crippen molar-refractivity contribution in [1.82, 2.24) is 0 Å². The number of benzene rings is 9. The molecule has 9 aromatic carbocycles. The van der Waals surface area contributed by atoms with E-state index in [-0.39, 0.29) is 0 Å². The molecule has 4 heteroatoms. The molecule has 0 aliphatic rings. The standard InChI is InChI=1S/C52H31NO3/c1-2-12-34-30-50-43(29-33(34)11-1)41-18-9-17-40(52(41)56-50)38-13-3-6-19-45(38)53(36-27-28-48-44(31-36)39-14-4-7-20-46(39)54-48)35-25-23-32(24-26-35)37-16-10-22-49-51(37)42-15-5-8-21-47(42)55-49/h1-31H. The van der Waals surface area contributed by atoms with Crippen LogP contribution in [0.25, 0.3) is 98.8 Å². The van der Waals surface area contributed by atoms with Gasteiger partial charge in [0.05, 0.1) is 5.69 Å². The van der Waals surface area contributed by atoms with Gasteiger partial charge in [-0.3, -0.25) is 0 Å². The number of rotatable bonds is 5. The quantitative estimate of drug-likeness (QED) is 0.178.